The van der Waals surface area contributed by atoms with Crippen LogP contribution in [0.1, 0.15) is 19.4 Å². The molecule has 0 saturated carbocycles. The minimum absolute atomic E-state index is 0. The molecule has 0 fully saturated rings. The average Bonchev–Trinajstić information content (AvgIpc) is 3.28. The van der Waals surface area contributed by atoms with Gasteiger partial charge in [0, 0.05) is 11.2 Å². The fraction of sp³-hybridized carbons (Fsp3) is 0.241. The summed E-state index contributed by atoms with van der Waals surface area (Å²) in [5.74, 6) is 0. The van der Waals surface area contributed by atoms with Gasteiger partial charge in [0.05, 0.1) is 8.07 Å². The van der Waals surface area contributed by atoms with E-state index in [4.69, 9.17) is 0 Å². The van der Waals surface area contributed by atoms with Gasteiger partial charge in [-0.2, -0.15) is 72.2 Å². The van der Waals surface area contributed by atoms with Crippen molar-refractivity contribution in [1.82, 2.24) is 9.80 Å². The van der Waals surface area contributed by atoms with E-state index in [2.05, 4.69) is 141 Å². The van der Waals surface area contributed by atoms with E-state index in [-0.39, 0.29) is 26.6 Å². The Balaban J connectivity index is 0.00000289. The van der Waals surface area contributed by atoms with Crippen LogP contribution in [-0.2, 0) is 26.6 Å². The van der Waals surface area contributed by atoms with Gasteiger partial charge in [0.15, 0.2) is 0 Å². The molecule has 0 unspecified atom stereocenters. The summed E-state index contributed by atoms with van der Waals surface area (Å²) in [4.78, 5) is 8.72. The fourth-order valence-corrected chi connectivity index (χ4v) is 6.83. The molecule has 35 heavy (non-hydrogen) atoms. The van der Waals surface area contributed by atoms with Crippen molar-refractivity contribution in [3.63, 3.8) is 0 Å². The maximum atomic E-state index is 3.80. The number of fused-ring (bicyclic) bond motifs is 1. The van der Waals surface area contributed by atoms with E-state index in [1.165, 1.54) is 21.6 Å². The zero-order chi connectivity index (χ0) is 24.1. The molecule has 0 amide bonds. The van der Waals surface area contributed by atoms with E-state index >= 15 is 0 Å². The third-order valence-electron chi connectivity index (χ3n) is 7.21. The van der Waals surface area contributed by atoms with E-state index < -0.39 is 8.07 Å². The van der Waals surface area contributed by atoms with Crippen LogP contribution in [-0.4, -0.2) is 32.0 Å². The molecule has 0 atom stereocenters. The van der Waals surface area contributed by atoms with Gasteiger partial charge in [-0.15, -0.1) is 11.4 Å². The quantitative estimate of drug-likeness (QED) is 0.293. The second-order valence-corrected chi connectivity index (χ2v) is 14.5. The van der Waals surface area contributed by atoms with Gasteiger partial charge >= 0.3 is 21.1 Å². The minimum atomic E-state index is -2.03. The van der Waals surface area contributed by atoms with Crippen LogP contribution in [0.25, 0.3) is 0 Å². The molecule has 6 heteroatoms. The summed E-state index contributed by atoms with van der Waals surface area (Å²) < 4.78 is 0. The van der Waals surface area contributed by atoms with E-state index in [0.29, 0.717) is 0 Å². The minimum Gasteiger partial charge on any atom is -0.510 e. The maximum Gasteiger partial charge on any atom is 4.00 e. The van der Waals surface area contributed by atoms with Gasteiger partial charge in [-0.1, -0.05) is 31.3 Å². The van der Waals surface area contributed by atoms with Crippen LogP contribution in [0.2, 0.25) is 13.1 Å². The molecule has 182 valence electrons. The van der Waals surface area contributed by atoms with E-state index in [9.17, 15) is 0 Å². The molecule has 5 rings (SSSR count). The monoisotopic (exact) mass is 659 g/mol. The average molecular weight is 660 g/mol. The summed E-state index contributed by atoms with van der Waals surface area (Å²) in [6, 6.07) is 29.2. The number of anilines is 3. The van der Waals surface area contributed by atoms with Gasteiger partial charge in [-0.05, 0) is 52.0 Å². The SMILES string of the molecule is CN1C=CN(c2[c-]c([Si](C)(C)c3[c-]c(N4[CH-]N(C)C(C)(C)c5ccccc54)ccc3)ccc2)[CH-]1.[Pt+4]. The molecule has 2 aliphatic heterocycles. The first kappa shape index (κ1) is 25.7. The second kappa shape index (κ2) is 9.61. The Labute approximate surface area is 226 Å². The third-order valence-corrected chi connectivity index (χ3v) is 10.5. The van der Waals surface area contributed by atoms with Gasteiger partial charge in [0.25, 0.3) is 0 Å². The van der Waals surface area contributed by atoms with Crippen molar-refractivity contribution in [2.45, 2.75) is 32.5 Å². The smallest absolute Gasteiger partial charge is 0.510 e. The van der Waals surface area contributed by atoms with Gasteiger partial charge < -0.3 is 19.6 Å². The molecule has 0 bridgehead atoms. The van der Waals surface area contributed by atoms with E-state index in [0.717, 1.165) is 11.4 Å². The zero-order valence-corrected chi connectivity index (χ0v) is 24.5. The van der Waals surface area contributed by atoms with E-state index in [1.807, 2.05) is 18.1 Å². The Hall–Kier alpha value is -2.33. The Morgan fingerprint density at radius 1 is 0.771 bits per heavy atom. The number of para-hydroxylation sites is 1. The fourth-order valence-electron chi connectivity index (χ4n) is 4.63. The van der Waals surface area contributed by atoms with Gasteiger partial charge in [0.1, 0.15) is 0 Å². The largest absolute Gasteiger partial charge is 4.00 e. The van der Waals surface area contributed by atoms with Crippen LogP contribution in [0, 0.1) is 25.5 Å². The van der Waals surface area contributed by atoms with Gasteiger partial charge in [-0.3, -0.25) is 0 Å². The van der Waals surface area contributed by atoms with Crippen molar-refractivity contribution in [3.05, 3.63) is 104 Å². The number of rotatable bonds is 4. The van der Waals surface area contributed by atoms with Crippen LogP contribution in [0.5, 0.6) is 0 Å². The summed E-state index contributed by atoms with van der Waals surface area (Å²) in [7, 11) is 2.15. The first-order valence-electron chi connectivity index (χ1n) is 11.7. The van der Waals surface area contributed by atoms with E-state index in [1.54, 1.807) is 0 Å². The molecule has 0 aliphatic carbocycles. The summed E-state index contributed by atoms with van der Waals surface area (Å²) >= 11 is 0. The van der Waals surface area contributed by atoms with Crippen molar-refractivity contribution < 1.29 is 21.1 Å². The Kier molecular flexibility index (Phi) is 7.07. The standard InChI is InChI=1S/C29H32N4Si.Pt/c1-29(2)27-15-7-8-16-28(27)33(22-31(29)4)24-12-10-14-26(20-24)34(5,6)25-13-9-11-23(19-25)32-18-17-30(3)21-32;/h7-18,21-22H,1-6H3;/q-4;+4. The van der Waals surface area contributed by atoms with Crippen molar-refractivity contribution in [3.8, 4) is 0 Å². The molecule has 0 aromatic heterocycles. The molecule has 2 aliphatic rings. The molecule has 0 saturated heterocycles. The maximum absolute atomic E-state index is 3.80. The van der Waals surface area contributed by atoms with Crippen molar-refractivity contribution in [2.75, 3.05) is 23.9 Å². The van der Waals surface area contributed by atoms with Crippen molar-refractivity contribution in [2.24, 2.45) is 0 Å². The topological polar surface area (TPSA) is 13.0 Å². The van der Waals surface area contributed by atoms with Gasteiger partial charge in [0.2, 0.25) is 0 Å². The first-order valence-corrected chi connectivity index (χ1v) is 14.7. The van der Waals surface area contributed by atoms with Crippen molar-refractivity contribution >= 4 is 35.5 Å². The van der Waals surface area contributed by atoms with Crippen LogP contribution in [0.3, 0.4) is 0 Å². The molecule has 3 aromatic carbocycles. The molecule has 2 heterocycles. The van der Waals surface area contributed by atoms with Crippen LogP contribution < -0.4 is 20.2 Å². The third kappa shape index (κ3) is 4.62. The Morgan fingerprint density at radius 3 is 2.06 bits per heavy atom. The summed E-state index contributed by atoms with van der Waals surface area (Å²) in [5, 5.41) is 2.55. The number of nitrogens with zero attached hydrogens (tertiary/aromatic N) is 4. The predicted molar refractivity (Wildman–Crippen MR) is 145 cm³/mol. The van der Waals surface area contributed by atoms with Gasteiger partial charge in [-0.25, -0.2) is 0 Å². The van der Waals surface area contributed by atoms with Crippen LogP contribution in [0.15, 0.2) is 73.1 Å². The first-order chi connectivity index (χ1) is 16.2. The summed E-state index contributed by atoms with van der Waals surface area (Å²) in [5.41, 5.74) is 4.60. The summed E-state index contributed by atoms with van der Waals surface area (Å²) in [6.07, 6.45) is 4.12. The number of hydrogen-bond donors (Lipinski definition) is 0. The van der Waals surface area contributed by atoms with Crippen molar-refractivity contribution in [1.29, 1.82) is 0 Å². The molecule has 0 spiro atoms. The Morgan fingerprint density at radius 2 is 1.40 bits per heavy atom. The summed E-state index contributed by atoms with van der Waals surface area (Å²) in [6.45, 7) is 13.6. The molecular formula is C29H32N4PtSi. The second-order valence-electron chi connectivity index (χ2n) is 10.2. The Bertz CT molecular complexity index is 1240. The predicted octanol–water partition coefficient (Wildman–Crippen LogP) is 4.89. The molecule has 3 aromatic rings. The van der Waals surface area contributed by atoms with Crippen LogP contribution >= 0.6 is 0 Å². The number of hydrogen-bond acceptors (Lipinski definition) is 4. The van der Waals surface area contributed by atoms with Crippen LogP contribution in [0.4, 0.5) is 17.1 Å². The molecule has 0 radical (unpaired) electrons. The normalized spacial score (nSPS) is 17.4. The molecule has 4 nitrogen and oxygen atoms in total. The molecular weight excluding hydrogens is 628 g/mol. The number of benzene rings is 3. The molecule has 0 N–H and O–H groups in total. The zero-order valence-electron chi connectivity index (χ0n) is 21.2.